The van der Waals surface area contributed by atoms with Crippen LogP contribution in [0.3, 0.4) is 0 Å². The van der Waals surface area contributed by atoms with Crippen molar-refractivity contribution in [3.63, 3.8) is 0 Å². The van der Waals surface area contributed by atoms with Gasteiger partial charge < -0.3 is 0 Å². The molecule has 44 valence electrons. The molecule has 1 nitrogen and oxygen atoms in total. The van der Waals surface area contributed by atoms with Crippen molar-refractivity contribution in [2.45, 2.75) is 0 Å². The lowest BCUT2D eigenvalue weighted by molar-refractivity contribution is 0.622. The van der Waals surface area contributed by atoms with Crippen molar-refractivity contribution in [1.82, 2.24) is 4.98 Å². The highest BCUT2D eigenvalue weighted by Gasteiger charge is 1.93. The Morgan fingerprint density at radius 1 is 1.67 bits per heavy atom. The zero-order valence-corrected chi connectivity index (χ0v) is 4.63. The summed E-state index contributed by atoms with van der Waals surface area (Å²) in [6, 6.07) is 1.23. The summed E-state index contributed by atoms with van der Waals surface area (Å²) < 4.78 is 12.4. The van der Waals surface area contributed by atoms with Gasteiger partial charge in [0, 0.05) is 12.4 Å². The fourth-order valence-electron chi connectivity index (χ4n) is 0.484. The molecule has 0 aliphatic rings. The molecular weight excluding hydrogens is 117 g/mol. The molecule has 0 unspecified atom stereocenters. The van der Waals surface area contributed by atoms with Gasteiger partial charge in [-0.25, -0.2) is 4.39 Å². The van der Waals surface area contributed by atoms with Crippen molar-refractivity contribution >= 4 is 0 Å². The predicted octanol–water partition coefficient (Wildman–Crippen LogP) is 1.20. The Hall–Kier alpha value is -1.36. The summed E-state index contributed by atoms with van der Waals surface area (Å²) in [4.78, 5) is 3.63. The van der Waals surface area contributed by atoms with Crippen LogP contribution >= 0.6 is 0 Å². The van der Waals surface area contributed by atoms with Crippen LogP contribution in [0.4, 0.5) is 4.39 Å². The highest BCUT2D eigenvalue weighted by molar-refractivity contribution is 5.29. The molecule has 0 radical (unpaired) electrons. The second-order valence-corrected chi connectivity index (χ2v) is 1.50. The van der Waals surface area contributed by atoms with E-state index in [0.29, 0.717) is 0 Å². The smallest absolute Gasteiger partial charge is 0.141 e. The Morgan fingerprint density at radius 3 is 2.89 bits per heavy atom. The summed E-state index contributed by atoms with van der Waals surface area (Å²) >= 11 is 0. The topological polar surface area (TPSA) is 12.9 Å². The Balaban J connectivity index is 3.20. The first-order chi connectivity index (χ1) is 4.34. The van der Waals surface area contributed by atoms with Crippen LogP contribution in [0.2, 0.25) is 0 Å². The third-order valence-electron chi connectivity index (χ3n) is 0.923. The van der Waals surface area contributed by atoms with Crippen LogP contribution in [-0.2, 0) is 0 Å². The van der Waals surface area contributed by atoms with Crippen molar-refractivity contribution in [2.24, 2.45) is 0 Å². The Bertz CT molecular complexity index is 249. The molecule has 0 aromatic carbocycles. The minimum Gasteiger partial charge on any atom is -0.263 e. The molecule has 0 saturated carbocycles. The minimum atomic E-state index is -0.396. The number of rotatable bonds is 0. The molecule has 0 saturated heterocycles. The van der Waals surface area contributed by atoms with E-state index >= 15 is 0 Å². The zero-order valence-electron chi connectivity index (χ0n) is 4.63. The van der Waals surface area contributed by atoms with Crippen LogP contribution in [0.5, 0.6) is 0 Å². The van der Waals surface area contributed by atoms with Gasteiger partial charge in [-0.1, -0.05) is 5.92 Å². The van der Waals surface area contributed by atoms with Crippen LogP contribution in [0, 0.1) is 18.2 Å². The van der Waals surface area contributed by atoms with Crippen LogP contribution in [0.25, 0.3) is 0 Å². The van der Waals surface area contributed by atoms with Crippen molar-refractivity contribution in [3.05, 3.63) is 29.8 Å². The molecule has 0 atom stereocenters. The SMILES string of the molecule is C#Cc1cnccc1F. The zero-order chi connectivity index (χ0) is 6.69. The molecule has 1 aromatic heterocycles. The maximum atomic E-state index is 12.4. The number of pyridine rings is 1. The summed E-state index contributed by atoms with van der Waals surface area (Å²) in [6.45, 7) is 0. The quantitative estimate of drug-likeness (QED) is 0.470. The largest absolute Gasteiger partial charge is 0.263 e. The molecule has 0 aliphatic carbocycles. The van der Waals surface area contributed by atoms with Gasteiger partial charge in [0.2, 0.25) is 0 Å². The summed E-state index contributed by atoms with van der Waals surface area (Å²) in [7, 11) is 0. The second kappa shape index (κ2) is 2.27. The molecule has 1 aromatic rings. The lowest BCUT2D eigenvalue weighted by atomic mass is 10.3. The van der Waals surface area contributed by atoms with Crippen molar-refractivity contribution < 1.29 is 4.39 Å². The molecule has 1 rings (SSSR count). The third-order valence-corrected chi connectivity index (χ3v) is 0.923. The normalized spacial score (nSPS) is 8.44. The van der Waals surface area contributed by atoms with Gasteiger partial charge in [0.15, 0.2) is 0 Å². The van der Waals surface area contributed by atoms with E-state index < -0.39 is 5.82 Å². The lowest BCUT2D eigenvalue weighted by Gasteiger charge is -1.88. The average Bonchev–Trinajstić information content (AvgIpc) is 1.89. The fraction of sp³-hybridized carbons (Fsp3) is 0. The highest BCUT2D eigenvalue weighted by atomic mass is 19.1. The van der Waals surface area contributed by atoms with Gasteiger partial charge in [0.25, 0.3) is 0 Å². The monoisotopic (exact) mass is 121 g/mol. The minimum absolute atomic E-state index is 0.206. The molecule has 0 bridgehead atoms. The number of aromatic nitrogens is 1. The van der Waals surface area contributed by atoms with Gasteiger partial charge >= 0.3 is 0 Å². The van der Waals surface area contributed by atoms with Crippen LogP contribution in [0.15, 0.2) is 18.5 Å². The molecule has 0 amide bonds. The molecule has 9 heavy (non-hydrogen) atoms. The molecule has 0 fully saturated rings. The maximum Gasteiger partial charge on any atom is 0.141 e. The molecule has 0 N–H and O–H groups in total. The van der Waals surface area contributed by atoms with Gasteiger partial charge in [-0.15, -0.1) is 6.42 Å². The van der Waals surface area contributed by atoms with Crippen LogP contribution < -0.4 is 0 Å². The lowest BCUT2D eigenvalue weighted by Crippen LogP contribution is -1.82. The van der Waals surface area contributed by atoms with Crippen molar-refractivity contribution in [2.75, 3.05) is 0 Å². The van der Waals surface area contributed by atoms with E-state index in [2.05, 4.69) is 10.9 Å². The van der Waals surface area contributed by atoms with E-state index in [-0.39, 0.29) is 5.56 Å². The number of halogens is 1. The van der Waals surface area contributed by atoms with Crippen molar-refractivity contribution in [3.8, 4) is 12.3 Å². The highest BCUT2D eigenvalue weighted by Crippen LogP contribution is 2.00. The summed E-state index contributed by atoms with van der Waals surface area (Å²) in [5.74, 6) is 1.76. The van der Waals surface area contributed by atoms with Gasteiger partial charge in [0.1, 0.15) is 5.82 Å². The van der Waals surface area contributed by atoms with E-state index in [4.69, 9.17) is 6.42 Å². The Labute approximate surface area is 52.5 Å². The standard InChI is InChI=1S/C7H4FN/c1-2-6-5-9-4-3-7(6)8/h1,3-5H. The van der Waals surface area contributed by atoms with Crippen LogP contribution in [-0.4, -0.2) is 4.98 Å². The summed E-state index contributed by atoms with van der Waals surface area (Å²) in [6.07, 6.45) is 7.59. The van der Waals surface area contributed by atoms with Gasteiger partial charge in [0.05, 0.1) is 5.56 Å². The molecule has 0 spiro atoms. The number of terminal acetylenes is 1. The molecule has 0 aliphatic heterocycles. The number of nitrogens with zero attached hydrogens (tertiary/aromatic N) is 1. The first kappa shape index (κ1) is 5.77. The van der Waals surface area contributed by atoms with Crippen molar-refractivity contribution in [1.29, 1.82) is 0 Å². The van der Waals surface area contributed by atoms with Gasteiger partial charge in [-0.2, -0.15) is 0 Å². The van der Waals surface area contributed by atoms with Gasteiger partial charge in [-0.3, -0.25) is 4.98 Å². The molecule has 2 heteroatoms. The third kappa shape index (κ3) is 1.06. The first-order valence-corrected chi connectivity index (χ1v) is 2.40. The number of hydrogen-bond acceptors (Lipinski definition) is 1. The van der Waals surface area contributed by atoms with E-state index in [1.165, 1.54) is 18.5 Å². The predicted molar refractivity (Wildman–Crippen MR) is 32.1 cm³/mol. The fourth-order valence-corrected chi connectivity index (χ4v) is 0.484. The first-order valence-electron chi connectivity index (χ1n) is 2.40. The molecule has 1 heterocycles. The molecular formula is C7H4FN. The summed E-state index contributed by atoms with van der Waals surface area (Å²) in [5.41, 5.74) is 0.206. The van der Waals surface area contributed by atoms with E-state index in [0.717, 1.165) is 0 Å². The maximum absolute atomic E-state index is 12.4. The van der Waals surface area contributed by atoms with E-state index in [1.807, 2.05) is 0 Å². The summed E-state index contributed by atoms with van der Waals surface area (Å²) in [5, 5.41) is 0. The second-order valence-electron chi connectivity index (χ2n) is 1.50. The number of hydrogen-bond donors (Lipinski definition) is 0. The Kier molecular flexibility index (Phi) is 1.46. The average molecular weight is 121 g/mol. The Morgan fingerprint density at radius 2 is 2.44 bits per heavy atom. The van der Waals surface area contributed by atoms with Gasteiger partial charge in [-0.05, 0) is 6.07 Å². The van der Waals surface area contributed by atoms with Crippen LogP contribution in [0.1, 0.15) is 5.56 Å². The van der Waals surface area contributed by atoms with E-state index in [9.17, 15) is 4.39 Å². The van der Waals surface area contributed by atoms with E-state index in [1.54, 1.807) is 0 Å².